The van der Waals surface area contributed by atoms with Crippen molar-refractivity contribution in [3.05, 3.63) is 65.6 Å². The summed E-state index contributed by atoms with van der Waals surface area (Å²) in [6.45, 7) is 6.48. The third-order valence-electron chi connectivity index (χ3n) is 4.85. The van der Waals surface area contributed by atoms with E-state index >= 15 is 0 Å². The van der Waals surface area contributed by atoms with Gasteiger partial charge in [0.2, 0.25) is 5.91 Å². The first-order chi connectivity index (χ1) is 13.1. The second-order valence-electron chi connectivity index (χ2n) is 6.71. The molecule has 142 valence electrons. The van der Waals surface area contributed by atoms with Crippen LogP contribution >= 0.6 is 0 Å². The number of para-hydroxylation sites is 1. The Balaban J connectivity index is 1.52. The summed E-state index contributed by atoms with van der Waals surface area (Å²) in [7, 11) is 0. The maximum absolute atomic E-state index is 13.5. The molecule has 0 atom stereocenters. The van der Waals surface area contributed by atoms with E-state index in [0.717, 1.165) is 41.7 Å². The summed E-state index contributed by atoms with van der Waals surface area (Å²) in [6, 6.07) is 14.9. The van der Waals surface area contributed by atoms with E-state index in [0.29, 0.717) is 6.54 Å². The van der Waals surface area contributed by atoms with E-state index in [1.165, 1.54) is 17.8 Å². The Morgan fingerprint density at radius 3 is 2.70 bits per heavy atom. The van der Waals surface area contributed by atoms with Crippen LogP contribution in [0.1, 0.15) is 24.6 Å². The maximum Gasteiger partial charge on any atom is 0.224 e. The van der Waals surface area contributed by atoms with E-state index in [-0.39, 0.29) is 18.1 Å². The van der Waals surface area contributed by atoms with Gasteiger partial charge in [-0.15, -0.1) is 0 Å². The van der Waals surface area contributed by atoms with Gasteiger partial charge in [-0.3, -0.25) is 4.79 Å². The minimum atomic E-state index is -0.288. The minimum absolute atomic E-state index is 0.0361. The molecule has 0 fully saturated rings. The number of benzene rings is 2. The number of nitrogens with zero attached hydrogens (tertiary/aromatic N) is 1. The van der Waals surface area contributed by atoms with Gasteiger partial charge in [0.1, 0.15) is 5.82 Å². The molecule has 3 rings (SSSR count). The lowest BCUT2D eigenvalue weighted by Gasteiger charge is -2.23. The molecule has 1 amide bonds. The zero-order valence-electron chi connectivity index (χ0n) is 15.9. The lowest BCUT2D eigenvalue weighted by Crippen LogP contribution is -2.30. The largest absolute Gasteiger partial charge is 0.372 e. The predicted octanol–water partition coefficient (Wildman–Crippen LogP) is 4.19. The molecule has 0 aliphatic rings. The number of carbonyl (C=O) groups excluding carboxylic acids is 1. The van der Waals surface area contributed by atoms with Gasteiger partial charge in [-0.25, -0.2) is 4.39 Å². The van der Waals surface area contributed by atoms with Gasteiger partial charge in [0.25, 0.3) is 0 Å². The third kappa shape index (κ3) is 4.67. The average molecular weight is 367 g/mol. The van der Waals surface area contributed by atoms with Crippen molar-refractivity contribution in [3.63, 3.8) is 0 Å². The molecule has 1 heterocycles. The number of aryl methyl sites for hydroxylation is 1. The molecule has 0 spiro atoms. The third-order valence-corrected chi connectivity index (χ3v) is 4.85. The van der Waals surface area contributed by atoms with Gasteiger partial charge in [-0.1, -0.05) is 18.2 Å². The van der Waals surface area contributed by atoms with Crippen LogP contribution in [0.15, 0.2) is 48.5 Å². The number of hydrogen-bond acceptors (Lipinski definition) is 2. The summed E-state index contributed by atoms with van der Waals surface area (Å²) in [5.41, 5.74) is 3.83. The van der Waals surface area contributed by atoms with Gasteiger partial charge in [-0.2, -0.15) is 0 Å². The topological polar surface area (TPSA) is 48.1 Å². The van der Waals surface area contributed by atoms with Gasteiger partial charge < -0.3 is 15.2 Å². The van der Waals surface area contributed by atoms with E-state index in [9.17, 15) is 9.18 Å². The van der Waals surface area contributed by atoms with E-state index in [1.807, 2.05) is 25.1 Å². The number of rotatable bonds is 8. The fourth-order valence-electron chi connectivity index (χ4n) is 3.41. The standard InChI is InChI=1S/C22H26FN3O/c1-3-26(18-8-5-4-6-9-18)13-7-12-24-22(27)15-19-16(2)25-21-11-10-17(23)14-20(19)21/h4-6,8-11,14,25H,3,7,12-13,15H2,1-2H3,(H,24,27). The van der Waals surface area contributed by atoms with E-state index in [1.54, 1.807) is 6.07 Å². The van der Waals surface area contributed by atoms with Crippen LogP contribution in [-0.2, 0) is 11.2 Å². The highest BCUT2D eigenvalue weighted by Gasteiger charge is 2.13. The second kappa shape index (κ2) is 8.71. The Bertz CT molecular complexity index is 905. The summed E-state index contributed by atoms with van der Waals surface area (Å²) in [5.74, 6) is -0.324. The minimum Gasteiger partial charge on any atom is -0.372 e. The average Bonchev–Trinajstić information content (AvgIpc) is 2.97. The fraction of sp³-hybridized carbons (Fsp3) is 0.318. The lowest BCUT2D eigenvalue weighted by atomic mass is 10.1. The number of aromatic nitrogens is 1. The molecule has 5 heteroatoms. The Morgan fingerprint density at radius 1 is 1.19 bits per heavy atom. The smallest absolute Gasteiger partial charge is 0.224 e. The molecule has 0 aliphatic heterocycles. The van der Waals surface area contributed by atoms with Crippen molar-refractivity contribution < 1.29 is 9.18 Å². The molecule has 0 aliphatic carbocycles. The van der Waals surface area contributed by atoms with Crippen molar-refractivity contribution in [2.24, 2.45) is 0 Å². The summed E-state index contributed by atoms with van der Waals surface area (Å²) in [6.07, 6.45) is 1.13. The number of aromatic amines is 1. The van der Waals surface area contributed by atoms with Gasteiger partial charge in [0, 0.05) is 41.9 Å². The Morgan fingerprint density at radius 2 is 1.96 bits per heavy atom. The molecule has 1 aromatic heterocycles. The molecule has 3 aromatic rings. The molecule has 0 radical (unpaired) electrons. The van der Waals surface area contributed by atoms with Crippen LogP contribution < -0.4 is 10.2 Å². The number of carbonyl (C=O) groups is 1. The number of H-pyrrole nitrogens is 1. The van der Waals surface area contributed by atoms with Crippen LogP contribution in [0.3, 0.4) is 0 Å². The molecule has 4 nitrogen and oxygen atoms in total. The van der Waals surface area contributed by atoms with Crippen LogP contribution in [-0.4, -0.2) is 30.5 Å². The molecule has 0 unspecified atom stereocenters. The molecular weight excluding hydrogens is 341 g/mol. The predicted molar refractivity (Wildman–Crippen MR) is 109 cm³/mol. The Kier molecular flexibility index (Phi) is 6.12. The maximum atomic E-state index is 13.5. The van der Waals surface area contributed by atoms with Crippen molar-refractivity contribution in [3.8, 4) is 0 Å². The number of anilines is 1. The van der Waals surface area contributed by atoms with Crippen molar-refractivity contribution >= 4 is 22.5 Å². The molecule has 2 N–H and O–H groups in total. The van der Waals surface area contributed by atoms with Crippen molar-refractivity contribution in [1.82, 2.24) is 10.3 Å². The van der Waals surface area contributed by atoms with Gasteiger partial charge in [0.05, 0.1) is 6.42 Å². The fourth-order valence-corrected chi connectivity index (χ4v) is 3.41. The number of fused-ring (bicyclic) bond motifs is 1. The quantitative estimate of drug-likeness (QED) is 0.587. The Hall–Kier alpha value is -2.82. The molecular formula is C22H26FN3O. The molecule has 2 aromatic carbocycles. The second-order valence-corrected chi connectivity index (χ2v) is 6.71. The van der Waals surface area contributed by atoms with Crippen molar-refractivity contribution in [1.29, 1.82) is 0 Å². The zero-order chi connectivity index (χ0) is 19.2. The normalized spacial score (nSPS) is 10.9. The number of amides is 1. The summed E-state index contributed by atoms with van der Waals surface area (Å²) < 4.78 is 13.5. The highest BCUT2D eigenvalue weighted by atomic mass is 19.1. The monoisotopic (exact) mass is 367 g/mol. The van der Waals surface area contributed by atoms with E-state index in [2.05, 4.69) is 34.3 Å². The van der Waals surface area contributed by atoms with Crippen LogP contribution in [0.4, 0.5) is 10.1 Å². The number of nitrogens with one attached hydrogen (secondary N) is 2. The first-order valence-corrected chi connectivity index (χ1v) is 9.42. The molecule has 0 bridgehead atoms. The first-order valence-electron chi connectivity index (χ1n) is 9.42. The zero-order valence-corrected chi connectivity index (χ0v) is 15.9. The Labute approximate surface area is 159 Å². The van der Waals surface area contributed by atoms with Crippen LogP contribution in [0.5, 0.6) is 0 Å². The number of hydrogen-bond donors (Lipinski definition) is 2. The van der Waals surface area contributed by atoms with Crippen molar-refractivity contribution in [2.45, 2.75) is 26.7 Å². The highest BCUT2D eigenvalue weighted by Crippen LogP contribution is 2.23. The summed E-state index contributed by atoms with van der Waals surface area (Å²) >= 11 is 0. The van der Waals surface area contributed by atoms with Gasteiger partial charge in [-0.05, 0) is 56.2 Å². The lowest BCUT2D eigenvalue weighted by molar-refractivity contribution is -0.120. The van der Waals surface area contributed by atoms with E-state index in [4.69, 9.17) is 0 Å². The first kappa shape index (κ1) is 19.0. The van der Waals surface area contributed by atoms with Crippen LogP contribution in [0.2, 0.25) is 0 Å². The van der Waals surface area contributed by atoms with Crippen LogP contribution in [0.25, 0.3) is 10.9 Å². The van der Waals surface area contributed by atoms with E-state index < -0.39 is 0 Å². The molecule has 0 saturated heterocycles. The SMILES string of the molecule is CCN(CCCNC(=O)Cc1c(C)[nH]c2ccc(F)cc12)c1ccccc1. The van der Waals surface area contributed by atoms with Crippen molar-refractivity contribution in [2.75, 3.05) is 24.5 Å². The molecule has 0 saturated carbocycles. The van der Waals surface area contributed by atoms with Crippen LogP contribution in [0, 0.1) is 12.7 Å². The summed E-state index contributed by atoms with van der Waals surface area (Å²) in [4.78, 5) is 17.8. The van der Waals surface area contributed by atoms with Gasteiger partial charge in [0.15, 0.2) is 0 Å². The molecule has 27 heavy (non-hydrogen) atoms. The van der Waals surface area contributed by atoms with Gasteiger partial charge >= 0.3 is 0 Å². The summed E-state index contributed by atoms with van der Waals surface area (Å²) in [5, 5.41) is 3.77. The highest BCUT2D eigenvalue weighted by molar-refractivity contribution is 5.90. The number of halogens is 1.